The van der Waals surface area contributed by atoms with Crippen LogP contribution in [0.1, 0.15) is 19.4 Å². The summed E-state index contributed by atoms with van der Waals surface area (Å²) >= 11 is 0. The number of likely N-dealkylation sites (N-methyl/N-ethyl adjacent to an activating group) is 1. The van der Waals surface area contributed by atoms with E-state index in [1.165, 1.54) is 0 Å². The van der Waals surface area contributed by atoms with Crippen LogP contribution in [0.2, 0.25) is 0 Å². The highest BCUT2D eigenvalue weighted by Crippen LogP contribution is 1.97. The van der Waals surface area contributed by atoms with E-state index in [0.717, 1.165) is 12.1 Å². The molecule has 0 aliphatic rings. The second kappa shape index (κ2) is 5.50. The van der Waals surface area contributed by atoms with Gasteiger partial charge in [0.2, 0.25) is 5.91 Å². The number of hydrogen-bond donors (Lipinski definition) is 2. The Labute approximate surface area is 89.9 Å². The van der Waals surface area contributed by atoms with Gasteiger partial charge in [-0.05, 0) is 13.8 Å². The molecule has 0 radical (unpaired) electrons. The first-order valence-corrected chi connectivity index (χ1v) is 5.13. The fraction of sp³-hybridized carbons (Fsp3) is 0.600. The third kappa shape index (κ3) is 3.36. The number of hydrogen-bond acceptors (Lipinski definition) is 3. The highest BCUT2D eigenvalue weighted by molar-refractivity contribution is 5.80. The summed E-state index contributed by atoms with van der Waals surface area (Å²) in [6, 6.07) is -0.181. The quantitative estimate of drug-likeness (QED) is 0.726. The maximum Gasteiger partial charge on any atom is 0.236 e. The second-order valence-electron chi connectivity index (χ2n) is 3.42. The standard InChI is InChI=1S/C10H18N4O/c1-4-14-7-9(6-13-14)5-12-8(2)10(15)11-3/h6-8,12H,4-5H2,1-3H3,(H,11,15)/t8-/m1/s1. The van der Waals surface area contributed by atoms with Gasteiger partial charge in [0, 0.05) is 31.9 Å². The van der Waals surface area contributed by atoms with Crippen LogP contribution in [0, 0.1) is 0 Å². The summed E-state index contributed by atoms with van der Waals surface area (Å²) in [5, 5.41) is 9.87. The Hall–Kier alpha value is -1.36. The van der Waals surface area contributed by atoms with E-state index in [0.29, 0.717) is 6.54 Å². The first kappa shape index (κ1) is 11.7. The Morgan fingerprint density at radius 3 is 2.93 bits per heavy atom. The first-order chi connectivity index (χ1) is 7.17. The van der Waals surface area contributed by atoms with Crippen LogP contribution in [0.4, 0.5) is 0 Å². The molecule has 0 unspecified atom stereocenters. The van der Waals surface area contributed by atoms with Crippen molar-refractivity contribution in [1.29, 1.82) is 0 Å². The van der Waals surface area contributed by atoms with Gasteiger partial charge in [-0.25, -0.2) is 0 Å². The molecule has 1 rings (SSSR count). The van der Waals surface area contributed by atoms with E-state index in [-0.39, 0.29) is 11.9 Å². The lowest BCUT2D eigenvalue weighted by atomic mass is 10.3. The van der Waals surface area contributed by atoms with Crippen molar-refractivity contribution in [1.82, 2.24) is 20.4 Å². The number of aromatic nitrogens is 2. The average molecular weight is 210 g/mol. The smallest absolute Gasteiger partial charge is 0.236 e. The Morgan fingerprint density at radius 2 is 2.40 bits per heavy atom. The minimum Gasteiger partial charge on any atom is -0.358 e. The molecular formula is C10H18N4O. The van der Waals surface area contributed by atoms with Gasteiger partial charge in [0.1, 0.15) is 0 Å². The lowest BCUT2D eigenvalue weighted by molar-refractivity contribution is -0.122. The van der Waals surface area contributed by atoms with Crippen LogP contribution in [0.25, 0.3) is 0 Å². The highest BCUT2D eigenvalue weighted by atomic mass is 16.2. The molecule has 0 aliphatic carbocycles. The predicted molar refractivity (Wildman–Crippen MR) is 58.3 cm³/mol. The summed E-state index contributed by atoms with van der Waals surface area (Å²) in [5.74, 6) is -0.00196. The van der Waals surface area contributed by atoms with Gasteiger partial charge < -0.3 is 10.6 Å². The van der Waals surface area contributed by atoms with Crippen molar-refractivity contribution in [3.63, 3.8) is 0 Å². The summed E-state index contributed by atoms with van der Waals surface area (Å²) in [4.78, 5) is 11.2. The van der Waals surface area contributed by atoms with Crippen molar-refractivity contribution < 1.29 is 4.79 Å². The molecule has 1 atom stereocenters. The fourth-order valence-corrected chi connectivity index (χ4v) is 1.25. The average Bonchev–Trinajstić information content (AvgIpc) is 2.72. The van der Waals surface area contributed by atoms with E-state index < -0.39 is 0 Å². The summed E-state index contributed by atoms with van der Waals surface area (Å²) < 4.78 is 1.86. The van der Waals surface area contributed by atoms with Crippen LogP contribution in [0.3, 0.4) is 0 Å². The first-order valence-electron chi connectivity index (χ1n) is 5.13. The Bertz CT molecular complexity index is 321. The fourth-order valence-electron chi connectivity index (χ4n) is 1.25. The van der Waals surface area contributed by atoms with E-state index in [9.17, 15) is 4.79 Å². The number of carbonyl (C=O) groups excluding carboxylic acids is 1. The lowest BCUT2D eigenvalue weighted by Gasteiger charge is -2.10. The normalized spacial score (nSPS) is 12.5. The van der Waals surface area contributed by atoms with Crippen molar-refractivity contribution in [2.75, 3.05) is 7.05 Å². The number of amides is 1. The van der Waals surface area contributed by atoms with Gasteiger partial charge in [0.25, 0.3) is 0 Å². The zero-order valence-electron chi connectivity index (χ0n) is 9.45. The maximum absolute atomic E-state index is 11.2. The van der Waals surface area contributed by atoms with Crippen molar-refractivity contribution in [2.45, 2.75) is 33.0 Å². The molecule has 5 nitrogen and oxygen atoms in total. The zero-order valence-corrected chi connectivity index (χ0v) is 9.45. The monoisotopic (exact) mass is 210 g/mol. The van der Waals surface area contributed by atoms with E-state index in [4.69, 9.17) is 0 Å². The van der Waals surface area contributed by atoms with Crippen LogP contribution < -0.4 is 10.6 Å². The largest absolute Gasteiger partial charge is 0.358 e. The third-order valence-electron chi connectivity index (χ3n) is 2.26. The molecule has 0 saturated carbocycles. The van der Waals surface area contributed by atoms with E-state index in [2.05, 4.69) is 15.7 Å². The van der Waals surface area contributed by atoms with Crippen LogP contribution in [-0.2, 0) is 17.9 Å². The van der Waals surface area contributed by atoms with Crippen molar-refractivity contribution >= 4 is 5.91 Å². The molecular weight excluding hydrogens is 192 g/mol. The van der Waals surface area contributed by atoms with Crippen LogP contribution in [0.15, 0.2) is 12.4 Å². The Morgan fingerprint density at radius 1 is 1.67 bits per heavy atom. The molecule has 1 amide bonds. The summed E-state index contributed by atoms with van der Waals surface area (Å²) in [6.45, 7) is 5.40. The lowest BCUT2D eigenvalue weighted by Crippen LogP contribution is -2.40. The van der Waals surface area contributed by atoms with Crippen molar-refractivity contribution in [3.05, 3.63) is 18.0 Å². The molecule has 0 aliphatic heterocycles. The predicted octanol–water partition coefficient (Wildman–Crippen LogP) is 0.127. The molecule has 1 heterocycles. The van der Waals surface area contributed by atoms with Crippen LogP contribution in [-0.4, -0.2) is 28.8 Å². The van der Waals surface area contributed by atoms with E-state index in [1.54, 1.807) is 7.05 Å². The van der Waals surface area contributed by atoms with E-state index >= 15 is 0 Å². The number of aryl methyl sites for hydroxylation is 1. The SMILES string of the molecule is CCn1cc(CN[C@H](C)C(=O)NC)cn1. The molecule has 15 heavy (non-hydrogen) atoms. The maximum atomic E-state index is 11.2. The van der Waals surface area contributed by atoms with Crippen LogP contribution in [0.5, 0.6) is 0 Å². The van der Waals surface area contributed by atoms with Crippen LogP contribution >= 0.6 is 0 Å². The number of carbonyl (C=O) groups is 1. The van der Waals surface area contributed by atoms with Gasteiger partial charge in [-0.15, -0.1) is 0 Å². The molecule has 5 heteroatoms. The molecule has 1 aromatic heterocycles. The third-order valence-corrected chi connectivity index (χ3v) is 2.26. The topological polar surface area (TPSA) is 59.0 Å². The van der Waals surface area contributed by atoms with E-state index in [1.807, 2.05) is 30.9 Å². The Balaban J connectivity index is 2.39. The van der Waals surface area contributed by atoms with Crippen molar-refractivity contribution in [3.8, 4) is 0 Å². The highest BCUT2D eigenvalue weighted by Gasteiger charge is 2.09. The second-order valence-corrected chi connectivity index (χ2v) is 3.42. The molecule has 0 fully saturated rings. The van der Waals surface area contributed by atoms with Gasteiger partial charge in [0.05, 0.1) is 12.2 Å². The zero-order chi connectivity index (χ0) is 11.3. The molecule has 0 aromatic carbocycles. The molecule has 0 saturated heterocycles. The molecule has 84 valence electrons. The minimum absolute atomic E-state index is 0.00196. The summed E-state index contributed by atoms with van der Waals surface area (Å²) in [5.41, 5.74) is 1.09. The molecule has 2 N–H and O–H groups in total. The molecule has 0 bridgehead atoms. The summed E-state index contributed by atoms with van der Waals surface area (Å²) in [6.07, 6.45) is 3.79. The van der Waals surface area contributed by atoms with Gasteiger partial charge in [0.15, 0.2) is 0 Å². The minimum atomic E-state index is -0.181. The van der Waals surface area contributed by atoms with Gasteiger partial charge >= 0.3 is 0 Å². The van der Waals surface area contributed by atoms with Gasteiger partial charge in [-0.2, -0.15) is 5.10 Å². The number of nitrogens with one attached hydrogen (secondary N) is 2. The Kier molecular flexibility index (Phi) is 4.30. The van der Waals surface area contributed by atoms with Gasteiger partial charge in [-0.1, -0.05) is 0 Å². The van der Waals surface area contributed by atoms with Gasteiger partial charge in [-0.3, -0.25) is 9.48 Å². The molecule has 0 spiro atoms. The summed E-state index contributed by atoms with van der Waals surface area (Å²) in [7, 11) is 1.63. The molecule has 1 aromatic rings. The number of nitrogens with zero attached hydrogens (tertiary/aromatic N) is 2. The number of rotatable bonds is 5. The van der Waals surface area contributed by atoms with Crippen molar-refractivity contribution in [2.24, 2.45) is 0 Å².